The summed E-state index contributed by atoms with van der Waals surface area (Å²) >= 11 is 0. The predicted octanol–water partition coefficient (Wildman–Crippen LogP) is 7.23. The summed E-state index contributed by atoms with van der Waals surface area (Å²) < 4.78 is 6.60. The maximum absolute atomic E-state index is 5.25. The number of benzene rings is 2. The average molecular weight is 567 g/mol. The van der Waals surface area contributed by atoms with Crippen LogP contribution in [0, 0.1) is 0 Å². The van der Waals surface area contributed by atoms with E-state index in [9.17, 15) is 0 Å². The number of hydrazone groups is 3. The van der Waals surface area contributed by atoms with Crippen LogP contribution < -0.4 is 0 Å². The van der Waals surface area contributed by atoms with Crippen molar-refractivity contribution in [3.8, 4) is 0 Å². The number of rotatable bonds is 12. The molecule has 0 aromatic heterocycles. The first kappa shape index (κ1) is 31.7. The topological polar surface area (TPSA) is 46.8 Å². The predicted molar refractivity (Wildman–Crippen MR) is 176 cm³/mol. The lowest BCUT2D eigenvalue weighted by atomic mass is 9.99. The first-order valence-corrected chi connectivity index (χ1v) is 23.9. The summed E-state index contributed by atoms with van der Waals surface area (Å²) in [6, 6.07) is 21.1. The number of hydrogen-bond donors (Lipinski definition) is 0. The van der Waals surface area contributed by atoms with E-state index in [0.717, 1.165) is 28.3 Å². The fourth-order valence-corrected chi connectivity index (χ4v) is 4.48. The molecule has 0 spiro atoms. The molecule has 0 amide bonds. The van der Waals surface area contributed by atoms with Gasteiger partial charge in [-0.05, 0) is 11.1 Å². The zero-order valence-corrected chi connectivity index (χ0v) is 28.9. The van der Waals surface area contributed by atoms with E-state index in [-0.39, 0.29) is 0 Å². The second-order valence-corrected chi connectivity index (χ2v) is 27.9. The molecule has 0 bridgehead atoms. The van der Waals surface area contributed by atoms with Crippen LogP contribution in [0.25, 0.3) is 0 Å². The molecular formula is C29H50N6Si3. The van der Waals surface area contributed by atoms with E-state index < -0.39 is 24.7 Å². The zero-order valence-electron chi connectivity index (χ0n) is 25.9. The highest BCUT2D eigenvalue weighted by molar-refractivity contribution is 6.74. The molecule has 2 rings (SSSR count). The van der Waals surface area contributed by atoms with E-state index in [1.165, 1.54) is 0 Å². The molecule has 9 heteroatoms. The Morgan fingerprint density at radius 1 is 0.500 bits per heavy atom. The van der Waals surface area contributed by atoms with Gasteiger partial charge in [0.1, 0.15) is 0 Å². The Balaban J connectivity index is 2.65. The first-order chi connectivity index (χ1) is 17.5. The first-order valence-electron chi connectivity index (χ1n) is 13.5. The van der Waals surface area contributed by atoms with Gasteiger partial charge in [-0.1, -0.05) is 120 Å². The van der Waals surface area contributed by atoms with Crippen molar-refractivity contribution in [2.24, 2.45) is 15.3 Å². The lowest BCUT2D eigenvalue weighted by Gasteiger charge is -2.30. The van der Waals surface area contributed by atoms with Gasteiger partial charge >= 0.3 is 0 Å². The monoisotopic (exact) mass is 566 g/mol. The Labute approximate surface area is 235 Å². The van der Waals surface area contributed by atoms with Gasteiger partial charge in [-0.25, -0.2) is 0 Å². The van der Waals surface area contributed by atoms with Gasteiger partial charge in [0, 0.05) is 39.7 Å². The molecule has 0 saturated heterocycles. The Kier molecular flexibility index (Phi) is 10.9. The Morgan fingerprint density at radius 2 is 0.789 bits per heavy atom. The molecule has 0 aliphatic heterocycles. The Morgan fingerprint density at radius 3 is 1.08 bits per heavy atom. The van der Waals surface area contributed by atoms with Crippen LogP contribution >= 0.6 is 0 Å². The van der Waals surface area contributed by atoms with Crippen LogP contribution in [0.1, 0.15) is 24.0 Å². The second kappa shape index (κ2) is 13.0. The van der Waals surface area contributed by atoms with Crippen molar-refractivity contribution in [3.63, 3.8) is 0 Å². The van der Waals surface area contributed by atoms with Crippen LogP contribution in [-0.2, 0) is 0 Å². The minimum atomic E-state index is -1.65. The third kappa shape index (κ3) is 10.00. The van der Waals surface area contributed by atoms with E-state index in [2.05, 4.69) is 155 Å². The van der Waals surface area contributed by atoms with Crippen LogP contribution in [-0.4, -0.2) is 77.0 Å². The molecule has 0 N–H and O–H groups in total. The van der Waals surface area contributed by atoms with Crippen molar-refractivity contribution >= 4 is 41.8 Å². The zero-order chi connectivity index (χ0) is 28.7. The quantitative estimate of drug-likeness (QED) is 0.155. The minimum Gasteiger partial charge on any atom is -0.328 e. The molecule has 38 heavy (non-hydrogen) atoms. The summed E-state index contributed by atoms with van der Waals surface area (Å²) in [5.41, 5.74) is 5.44. The van der Waals surface area contributed by atoms with E-state index >= 15 is 0 Å². The summed E-state index contributed by atoms with van der Waals surface area (Å²) in [6.07, 6.45) is 1.33. The third-order valence-electron chi connectivity index (χ3n) is 6.70. The largest absolute Gasteiger partial charge is 0.328 e. The number of hydrogen-bond acceptors (Lipinski definition) is 6. The molecule has 2 aromatic rings. The van der Waals surface area contributed by atoms with Crippen LogP contribution in [0.2, 0.25) is 58.9 Å². The molecule has 0 fully saturated rings. The average Bonchev–Trinajstić information content (AvgIpc) is 2.82. The third-order valence-corrected chi connectivity index (χ3v) is 12.8. The summed E-state index contributed by atoms with van der Waals surface area (Å²) in [5, 5.41) is 15.6. The summed E-state index contributed by atoms with van der Waals surface area (Å²) in [6.45, 7) is 20.9. The van der Waals surface area contributed by atoms with E-state index in [1.54, 1.807) is 0 Å². The molecule has 0 heterocycles. The molecule has 0 radical (unpaired) electrons. The van der Waals surface area contributed by atoms with E-state index in [1.807, 2.05) is 0 Å². The minimum absolute atomic E-state index is 0.663. The van der Waals surface area contributed by atoms with Crippen molar-refractivity contribution in [2.45, 2.75) is 71.8 Å². The van der Waals surface area contributed by atoms with Crippen LogP contribution in [0.3, 0.4) is 0 Å². The molecule has 6 nitrogen and oxygen atoms in total. The molecule has 0 aliphatic rings. The maximum Gasteiger partial charge on any atom is 0.168 e. The highest BCUT2D eigenvalue weighted by Gasteiger charge is 2.25. The van der Waals surface area contributed by atoms with Crippen molar-refractivity contribution in [1.82, 2.24) is 14.0 Å². The molecular weight excluding hydrogens is 517 g/mol. The molecule has 0 unspecified atom stereocenters. The van der Waals surface area contributed by atoms with Gasteiger partial charge in [0.15, 0.2) is 24.7 Å². The summed E-state index contributed by atoms with van der Waals surface area (Å²) in [4.78, 5) is 0. The van der Waals surface area contributed by atoms with Crippen molar-refractivity contribution in [3.05, 3.63) is 71.8 Å². The molecule has 0 saturated carbocycles. The van der Waals surface area contributed by atoms with Crippen molar-refractivity contribution in [2.75, 3.05) is 21.1 Å². The molecule has 0 aliphatic carbocycles. The van der Waals surface area contributed by atoms with Gasteiger partial charge in [-0.3, -0.25) is 0 Å². The molecule has 208 valence electrons. The van der Waals surface area contributed by atoms with E-state index in [4.69, 9.17) is 15.3 Å². The van der Waals surface area contributed by atoms with Crippen molar-refractivity contribution in [1.29, 1.82) is 0 Å². The van der Waals surface area contributed by atoms with E-state index in [0.29, 0.717) is 12.8 Å². The van der Waals surface area contributed by atoms with Gasteiger partial charge in [-0.2, -0.15) is 15.3 Å². The van der Waals surface area contributed by atoms with Crippen molar-refractivity contribution < 1.29 is 0 Å². The number of nitrogens with zero attached hydrogens (tertiary/aromatic N) is 6. The Hall–Kier alpha value is -2.50. The SMILES string of the molecule is CN(N=C(CC(=NN(C)[Si](C)(C)C)c1ccccc1)CC(=NN(C)[Si](C)(C)C)c1ccccc1)[Si](C)(C)C. The smallest absolute Gasteiger partial charge is 0.168 e. The highest BCUT2D eigenvalue weighted by Crippen LogP contribution is 2.18. The van der Waals surface area contributed by atoms with Crippen LogP contribution in [0.5, 0.6) is 0 Å². The highest BCUT2D eigenvalue weighted by atomic mass is 28.3. The normalized spacial score (nSPS) is 13.3. The lowest BCUT2D eigenvalue weighted by Crippen LogP contribution is -2.41. The van der Waals surface area contributed by atoms with Crippen LogP contribution in [0.4, 0.5) is 0 Å². The van der Waals surface area contributed by atoms with Gasteiger partial charge in [0.05, 0.1) is 11.4 Å². The maximum atomic E-state index is 5.25. The van der Waals surface area contributed by atoms with Gasteiger partial charge in [0.2, 0.25) is 0 Å². The summed E-state index contributed by atoms with van der Waals surface area (Å²) in [5.74, 6) is 0. The standard InChI is InChI=1S/C29H50N6Si3/c1-33(36(4,5)6)30-27(23-28(25-19-15-13-16-20-25)31-34(2)37(7,8)9)24-29(26-21-17-14-18-22-26)32-35(3)38(10,11)12/h13-22H,23-24H2,1-12H3. The Bertz CT molecular complexity index is 1030. The van der Waals surface area contributed by atoms with Crippen LogP contribution in [0.15, 0.2) is 76.0 Å². The summed E-state index contributed by atoms with van der Waals surface area (Å²) in [7, 11) is 1.45. The molecule has 0 atom stereocenters. The van der Waals surface area contributed by atoms with Gasteiger partial charge < -0.3 is 14.0 Å². The second-order valence-electron chi connectivity index (χ2n) is 12.9. The fraction of sp³-hybridized carbons (Fsp3) is 0.483. The van der Waals surface area contributed by atoms with Gasteiger partial charge in [-0.15, -0.1) is 0 Å². The fourth-order valence-electron chi connectivity index (χ4n) is 3.20. The van der Waals surface area contributed by atoms with Gasteiger partial charge in [0.25, 0.3) is 0 Å². The molecule has 2 aromatic carbocycles. The lowest BCUT2D eigenvalue weighted by molar-refractivity contribution is 0.541.